The third-order valence-electron chi connectivity index (χ3n) is 3.56. The summed E-state index contributed by atoms with van der Waals surface area (Å²) in [6.07, 6.45) is 0.707. The van der Waals surface area contributed by atoms with Gasteiger partial charge in [-0.3, -0.25) is 14.6 Å². The lowest BCUT2D eigenvalue weighted by Gasteiger charge is -2.27. The Balaban J connectivity index is 1.82. The Morgan fingerprint density at radius 1 is 1.26 bits per heavy atom. The van der Waals surface area contributed by atoms with Gasteiger partial charge in [0.25, 0.3) is 5.91 Å². The second-order valence-corrected chi connectivity index (χ2v) is 5.58. The van der Waals surface area contributed by atoms with Crippen LogP contribution in [0.1, 0.15) is 20.3 Å². The van der Waals surface area contributed by atoms with E-state index in [0.29, 0.717) is 18.9 Å². The van der Waals surface area contributed by atoms with Crippen molar-refractivity contribution in [1.29, 1.82) is 0 Å². The van der Waals surface area contributed by atoms with Crippen molar-refractivity contribution in [2.45, 2.75) is 26.3 Å². The lowest BCUT2D eigenvalue weighted by molar-refractivity contribution is -0.128. The largest absolute Gasteiger partial charge is 0.379 e. The van der Waals surface area contributed by atoms with E-state index >= 15 is 0 Å². The zero-order valence-electron chi connectivity index (χ0n) is 11.7. The van der Waals surface area contributed by atoms with E-state index in [0.717, 1.165) is 32.8 Å². The molecule has 108 valence electrons. The Morgan fingerprint density at radius 3 is 2.58 bits per heavy atom. The summed E-state index contributed by atoms with van der Waals surface area (Å²) in [5, 5.41) is 2.77. The van der Waals surface area contributed by atoms with Crippen LogP contribution in [0.4, 0.5) is 4.79 Å². The van der Waals surface area contributed by atoms with E-state index in [1.165, 1.54) is 4.90 Å². The number of ether oxygens (including phenoxy) is 1. The maximum absolute atomic E-state index is 12.1. The monoisotopic (exact) mass is 269 g/mol. The smallest absolute Gasteiger partial charge is 0.324 e. The first-order chi connectivity index (χ1) is 9.08. The van der Waals surface area contributed by atoms with Crippen LogP contribution in [0, 0.1) is 5.92 Å². The van der Waals surface area contributed by atoms with Crippen molar-refractivity contribution in [2.75, 3.05) is 39.4 Å². The van der Waals surface area contributed by atoms with Crippen LogP contribution in [-0.4, -0.2) is 67.2 Å². The van der Waals surface area contributed by atoms with Gasteiger partial charge in [-0.05, 0) is 12.3 Å². The van der Waals surface area contributed by atoms with Crippen molar-refractivity contribution in [3.63, 3.8) is 0 Å². The molecular formula is C13H23N3O3. The van der Waals surface area contributed by atoms with Gasteiger partial charge in [-0.1, -0.05) is 13.8 Å². The molecule has 2 heterocycles. The van der Waals surface area contributed by atoms with Crippen LogP contribution in [0.25, 0.3) is 0 Å². The Labute approximate surface area is 114 Å². The fourth-order valence-corrected chi connectivity index (χ4v) is 2.49. The highest BCUT2D eigenvalue weighted by molar-refractivity contribution is 6.04. The van der Waals surface area contributed by atoms with E-state index in [-0.39, 0.29) is 18.0 Å². The number of hydrogen-bond acceptors (Lipinski definition) is 4. The number of urea groups is 1. The van der Waals surface area contributed by atoms with Crippen LogP contribution >= 0.6 is 0 Å². The minimum absolute atomic E-state index is 0.0769. The van der Waals surface area contributed by atoms with Gasteiger partial charge >= 0.3 is 6.03 Å². The predicted octanol–water partition coefficient (Wildman–Crippen LogP) is 0.285. The standard InChI is InChI=1S/C13H23N3O3/c1-10(2)9-11-12(17)16(13(18)14-11)4-3-15-5-7-19-8-6-15/h10-11H,3-9H2,1-2H3,(H,14,18)/t11-/m0/s1. The molecule has 1 atom stereocenters. The third kappa shape index (κ3) is 3.67. The first-order valence-corrected chi connectivity index (χ1v) is 7.00. The molecule has 0 aromatic rings. The van der Waals surface area contributed by atoms with Gasteiger partial charge in [-0.15, -0.1) is 0 Å². The van der Waals surface area contributed by atoms with Crippen LogP contribution in [0.2, 0.25) is 0 Å². The number of morpholine rings is 1. The van der Waals surface area contributed by atoms with E-state index in [1.54, 1.807) is 0 Å². The zero-order valence-corrected chi connectivity index (χ0v) is 11.7. The highest BCUT2D eigenvalue weighted by Crippen LogP contribution is 2.14. The van der Waals surface area contributed by atoms with Crippen molar-refractivity contribution < 1.29 is 14.3 Å². The molecule has 3 amide bonds. The molecule has 2 saturated heterocycles. The van der Waals surface area contributed by atoms with E-state index in [1.807, 2.05) is 0 Å². The van der Waals surface area contributed by atoms with Crippen LogP contribution in [0.3, 0.4) is 0 Å². The molecule has 2 aliphatic rings. The number of nitrogens with zero attached hydrogens (tertiary/aromatic N) is 2. The molecule has 0 aromatic heterocycles. The van der Waals surface area contributed by atoms with Gasteiger partial charge in [0.2, 0.25) is 0 Å². The molecule has 0 unspecified atom stereocenters. The van der Waals surface area contributed by atoms with Gasteiger partial charge in [0.05, 0.1) is 13.2 Å². The fourth-order valence-electron chi connectivity index (χ4n) is 2.49. The number of carbonyl (C=O) groups excluding carboxylic acids is 2. The number of amides is 3. The summed E-state index contributed by atoms with van der Waals surface area (Å²) < 4.78 is 5.27. The van der Waals surface area contributed by atoms with Crippen molar-refractivity contribution in [2.24, 2.45) is 5.92 Å². The highest BCUT2D eigenvalue weighted by atomic mass is 16.5. The van der Waals surface area contributed by atoms with E-state index in [2.05, 4.69) is 24.1 Å². The number of hydrogen-bond donors (Lipinski definition) is 1. The lowest BCUT2D eigenvalue weighted by Crippen LogP contribution is -2.43. The molecular weight excluding hydrogens is 246 g/mol. The second kappa shape index (κ2) is 6.34. The highest BCUT2D eigenvalue weighted by Gasteiger charge is 2.37. The number of imide groups is 1. The van der Waals surface area contributed by atoms with Crippen molar-refractivity contribution in [1.82, 2.24) is 15.1 Å². The molecule has 0 aromatic carbocycles. The van der Waals surface area contributed by atoms with Crippen LogP contribution < -0.4 is 5.32 Å². The summed E-state index contributed by atoms with van der Waals surface area (Å²) in [7, 11) is 0. The maximum atomic E-state index is 12.1. The average Bonchev–Trinajstić information content (AvgIpc) is 2.63. The summed E-state index contributed by atoms with van der Waals surface area (Å²) in [5.41, 5.74) is 0. The fraction of sp³-hybridized carbons (Fsp3) is 0.846. The molecule has 2 rings (SSSR count). The second-order valence-electron chi connectivity index (χ2n) is 5.58. The van der Waals surface area contributed by atoms with Gasteiger partial charge in [0.1, 0.15) is 6.04 Å². The van der Waals surface area contributed by atoms with Gasteiger partial charge in [-0.25, -0.2) is 4.79 Å². The van der Waals surface area contributed by atoms with Crippen LogP contribution in [0.15, 0.2) is 0 Å². The minimum atomic E-state index is -0.336. The summed E-state index contributed by atoms with van der Waals surface area (Å²) in [5.74, 6) is 0.320. The van der Waals surface area contributed by atoms with Gasteiger partial charge in [0, 0.05) is 26.2 Å². The Bertz CT molecular complexity index is 340. The Kier molecular flexibility index (Phi) is 4.76. The molecule has 2 aliphatic heterocycles. The molecule has 0 radical (unpaired) electrons. The van der Waals surface area contributed by atoms with E-state index in [4.69, 9.17) is 4.74 Å². The van der Waals surface area contributed by atoms with Gasteiger partial charge in [0.15, 0.2) is 0 Å². The molecule has 1 N–H and O–H groups in total. The summed E-state index contributed by atoms with van der Waals surface area (Å²) in [6, 6.07) is -0.582. The predicted molar refractivity (Wildman–Crippen MR) is 70.7 cm³/mol. The van der Waals surface area contributed by atoms with Crippen LogP contribution in [-0.2, 0) is 9.53 Å². The molecule has 0 bridgehead atoms. The Hall–Kier alpha value is -1.14. The van der Waals surface area contributed by atoms with E-state index in [9.17, 15) is 9.59 Å². The summed E-state index contributed by atoms with van der Waals surface area (Å²) in [6.45, 7) is 8.52. The van der Waals surface area contributed by atoms with E-state index < -0.39 is 0 Å². The van der Waals surface area contributed by atoms with Crippen molar-refractivity contribution >= 4 is 11.9 Å². The molecule has 6 nitrogen and oxygen atoms in total. The molecule has 0 spiro atoms. The van der Waals surface area contributed by atoms with Gasteiger partial charge in [-0.2, -0.15) is 0 Å². The average molecular weight is 269 g/mol. The zero-order chi connectivity index (χ0) is 13.8. The molecule has 6 heteroatoms. The molecule has 2 fully saturated rings. The SMILES string of the molecule is CC(C)C[C@@H]1NC(=O)N(CCN2CCOCC2)C1=O. The molecule has 0 saturated carbocycles. The summed E-state index contributed by atoms with van der Waals surface area (Å²) >= 11 is 0. The topological polar surface area (TPSA) is 61.9 Å². The third-order valence-corrected chi connectivity index (χ3v) is 3.56. The molecule has 0 aliphatic carbocycles. The number of nitrogens with one attached hydrogen (secondary N) is 1. The normalized spacial score (nSPS) is 25.2. The van der Waals surface area contributed by atoms with Gasteiger partial charge < -0.3 is 10.1 Å². The first kappa shape index (κ1) is 14.3. The maximum Gasteiger partial charge on any atom is 0.324 e. The molecule has 19 heavy (non-hydrogen) atoms. The first-order valence-electron chi connectivity index (χ1n) is 7.00. The minimum Gasteiger partial charge on any atom is -0.379 e. The Morgan fingerprint density at radius 2 is 1.95 bits per heavy atom. The number of carbonyl (C=O) groups is 2. The quantitative estimate of drug-likeness (QED) is 0.729. The lowest BCUT2D eigenvalue weighted by atomic mass is 10.0. The van der Waals surface area contributed by atoms with Crippen molar-refractivity contribution in [3.05, 3.63) is 0 Å². The number of rotatable bonds is 5. The van der Waals surface area contributed by atoms with Crippen LogP contribution in [0.5, 0.6) is 0 Å². The summed E-state index contributed by atoms with van der Waals surface area (Å²) in [4.78, 5) is 27.5. The van der Waals surface area contributed by atoms with Crippen molar-refractivity contribution in [3.8, 4) is 0 Å².